The van der Waals surface area contributed by atoms with E-state index in [0.717, 1.165) is 0 Å². The molecule has 0 spiro atoms. The Morgan fingerprint density at radius 1 is 1.15 bits per heavy atom. The molecule has 2 aliphatic rings. The lowest BCUT2D eigenvalue weighted by Gasteiger charge is -2.19. The number of amides is 1. The Hall–Kier alpha value is -3.24. The number of benzene rings is 2. The summed E-state index contributed by atoms with van der Waals surface area (Å²) in [4.78, 5) is 14.6. The van der Waals surface area contributed by atoms with Crippen LogP contribution in [0, 0.1) is 0 Å². The molecule has 0 bridgehead atoms. The van der Waals surface area contributed by atoms with E-state index in [1.807, 2.05) is 0 Å². The minimum Gasteiger partial charge on any atom is -0.454 e. The molecule has 3 aromatic rings. The summed E-state index contributed by atoms with van der Waals surface area (Å²) in [5.41, 5.74) is 1.10. The number of halogens is 4. The molecular formula is C22H20ClF3N4O3. The van der Waals surface area contributed by atoms with Gasteiger partial charge in [0.05, 0.1) is 11.4 Å². The molecule has 0 saturated heterocycles. The van der Waals surface area contributed by atoms with Gasteiger partial charge < -0.3 is 19.7 Å². The van der Waals surface area contributed by atoms with Crippen molar-refractivity contribution in [1.29, 1.82) is 0 Å². The Morgan fingerprint density at radius 2 is 1.94 bits per heavy atom. The molecule has 1 amide bonds. The van der Waals surface area contributed by atoms with Gasteiger partial charge in [0.2, 0.25) is 6.79 Å². The lowest BCUT2D eigenvalue weighted by atomic mass is 10.1. The molecule has 1 aromatic heterocycles. The molecule has 0 aliphatic carbocycles. The van der Waals surface area contributed by atoms with Crippen molar-refractivity contribution >= 4 is 24.0 Å². The Morgan fingerprint density at radius 3 is 2.73 bits per heavy atom. The predicted octanol–water partition coefficient (Wildman–Crippen LogP) is 3.96. The number of carbonyl (C=O) groups excluding carboxylic acids is 1. The highest BCUT2D eigenvalue weighted by Gasteiger charge is 2.39. The highest BCUT2D eigenvalue weighted by molar-refractivity contribution is 6.06. The molecule has 2 aliphatic heterocycles. The van der Waals surface area contributed by atoms with Crippen LogP contribution < -0.4 is 19.7 Å². The van der Waals surface area contributed by atoms with Gasteiger partial charge in [-0.25, -0.2) is 4.68 Å². The van der Waals surface area contributed by atoms with Crippen molar-refractivity contribution in [2.75, 3.05) is 25.3 Å². The SMILES string of the molecule is CN(C(=O)c1cccc(-n2nc(C(F)(F)F)c3c2CNCC3)c1)c1ccc2c(c1)OCO2.Cl. The number of anilines is 1. The van der Waals surface area contributed by atoms with Crippen LogP contribution in [0.5, 0.6) is 11.5 Å². The van der Waals surface area contributed by atoms with Crippen molar-refractivity contribution < 1.29 is 27.4 Å². The standard InChI is InChI=1S/C22H19F3N4O3.ClH/c1-28(14-5-6-18-19(10-14)32-12-31-18)21(30)13-3-2-4-15(9-13)29-17-11-26-8-7-16(17)20(27-29)22(23,24)25;/h2-6,9-10,26H,7-8,11-12H2,1H3;1H. The third-order valence-electron chi connectivity index (χ3n) is 5.59. The highest BCUT2D eigenvalue weighted by Crippen LogP contribution is 2.36. The number of hydrogen-bond donors (Lipinski definition) is 1. The highest BCUT2D eigenvalue weighted by atomic mass is 35.5. The maximum atomic E-state index is 13.5. The average molecular weight is 481 g/mol. The number of hydrogen-bond acceptors (Lipinski definition) is 5. The summed E-state index contributed by atoms with van der Waals surface area (Å²) >= 11 is 0. The van der Waals surface area contributed by atoms with E-state index in [1.54, 1.807) is 49.5 Å². The smallest absolute Gasteiger partial charge is 0.435 e. The van der Waals surface area contributed by atoms with Crippen molar-refractivity contribution in [2.24, 2.45) is 0 Å². The van der Waals surface area contributed by atoms with Gasteiger partial charge in [0.1, 0.15) is 0 Å². The molecular weight excluding hydrogens is 461 g/mol. The number of rotatable bonds is 3. The second kappa shape index (κ2) is 8.60. The number of fused-ring (bicyclic) bond motifs is 2. The molecule has 0 fully saturated rings. The number of aromatic nitrogens is 2. The fourth-order valence-corrected chi connectivity index (χ4v) is 3.97. The topological polar surface area (TPSA) is 68.6 Å². The van der Waals surface area contributed by atoms with Gasteiger partial charge in [-0.1, -0.05) is 6.07 Å². The number of nitrogens with zero attached hydrogens (tertiary/aromatic N) is 3. The maximum absolute atomic E-state index is 13.5. The average Bonchev–Trinajstić information content (AvgIpc) is 3.42. The third kappa shape index (κ3) is 4.11. The first-order valence-electron chi connectivity index (χ1n) is 10.00. The molecule has 0 radical (unpaired) electrons. The van der Waals surface area contributed by atoms with Crippen LogP contribution in [0.1, 0.15) is 27.3 Å². The van der Waals surface area contributed by atoms with E-state index in [2.05, 4.69) is 10.4 Å². The van der Waals surface area contributed by atoms with Gasteiger partial charge in [0, 0.05) is 36.5 Å². The van der Waals surface area contributed by atoms with Crippen LogP contribution >= 0.6 is 12.4 Å². The summed E-state index contributed by atoms with van der Waals surface area (Å²) in [6, 6.07) is 11.6. The zero-order valence-corrected chi connectivity index (χ0v) is 18.3. The number of nitrogens with one attached hydrogen (secondary N) is 1. The lowest BCUT2D eigenvalue weighted by Crippen LogP contribution is -2.27. The van der Waals surface area contributed by atoms with Gasteiger partial charge in [0.15, 0.2) is 17.2 Å². The van der Waals surface area contributed by atoms with E-state index in [9.17, 15) is 18.0 Å². The number of alkyl halides is 3. The Balaban J connectivity index is 0.00000259. The van der Waals surface area contributed by atoms with Crippen LogP contribution in [0.25, 0.3) is 5.69 Å². The first kappa shape index (κ1) is 22.9. The number of carbonyl (C=O) groups is 1. The molecule has 2 aromatic carbocycles. The fraction of sp³-hybridized carbons (Fsp3) is 0.273. The molecule has 0 saturated carbocycles. The van der Waals surface area contributed by atoms with Gasteiger partial charge in [0.25, 0.3) is 5.91 Å². The molecule has 174 valence electrons. The first-order valence-corrected chi connectivity index (χ1v) is 10.00. The van der Waals surface area contributed by atoms with Crippen molar-refractivity contribution in [3.63, 3.8) is 0 Å². The lowest BCUT2D eigenvalue weighted by molar-refractivity contribution is -0.142. The first-order chi connectivity index (χ1) is 15.3. The summed E-state index contributed by atoms with van der Waals surface area (Å²) in [6.45, 7) is 0.857. The normalized spacial score (nSPS) is 14.4. The van der Waals surface area contributed by atoms with Crippen LogP contribution in [0.3, 0.4) is 0 Å². The quantitative estimate of drug-likeness (QED) is 0.614. The van der Waals surface area contributed by atoms with E-state index in [4.69, 9.17) is 9.47 Å². The van der Waals surface area contributed by atoms with Gasteiger partial charge in [-0.3, -0.25) is 4.79 Å². The summed E-state index contributed by atoms with van der Waals surface area (Å²) < 4.78 is 52.5. The minimum absolute atomic E-state index is 0. The van der Waals surface area contributed by atoms with Gasteiger partial charge in [-0.2, -0.15) is 18.3 Å². The maximum Gasteiger partial charge on any atom is 0.435 e. The summed E-state index contributed by atoms with van der Waals surface area (Å²) in [5, 5.41) is 6.96. The van der Waals surface area contributed by atoms with Crippen LogP contribution in [0.4, 0.5) is 18.9 Å². The Labute approximate surface area is 193 Å². The summed E-state index contributed by atoms with van der Waals surface area (Å²) in [5.74, 6) is 0.835. The van der Waals surface area contributed by atoms with Crippen LogP contribution in [0.2, 0.25) is 0 Å². The molecule has 7 nitrogen and oxygen atoms in total. The van der Waals surface area contributed by atoms with Crippen LogP contribution in [-0.2, 0) is 19.1 Å². The minimum atomic E-state index is -4.54. The second-order valence-corrected chi connectivity index (χ2v) is 7.56. The number of ether oxygens (including phenoxy) is 2. The van der Waals surface area contributed by atoms with E-state index in [1.165, 1.54) is 9.58 Å². The van der Waals surface area contributed by atoms with E-state index in [0.29, 0.717) is 40.7 Å². The van der Waals surface area contributed by atoms with Gasteiger partial charge in [-0.05, 0) is 43.3 Å². The zero-order valence-electron chi connectivity index (χ0n) is 17.5. The van der Waals surface area contributed by atoms with Crippen molar-refractivity contribution in [1.82, 2.24) is 15.1 Å². The largest absolute Gasteiger partial charge is 0.454 e. The third-order valence-corrected chi connectivity index (χ3v) is 5.59. The van der Waals surface area contributed by atoms with Crippen molar-refractivity contribution in [2.45, 2.75) is 19.1 Å². The van der Waals surface area contributed by atoms with E-state index in [-0.39, 0.29) is 43.6 Å². The van der Waals surface area contributed by atoms with Gasteiger partial charge in [-0.15, -0.1) is 12.4 Å². The van der Waals surface area contributed by atoms with E-state index >= 15 is 0 Å². The predicted molar refractivity (Wildman–Crippen MR) is 117 cm³/mol. The molecule has 5 rings (SSSR count). The van der Waals surface area contributed by atoms with Crippen LogP contribution in [0.15, 0.2) is 42.5 Å². The zero-order chi connectivity index (χ0) is 22.5. The molecule has 33 heavy (non-hydrogen) atoms. The fourth-order valence-electron chi connectivity index (χ4n) is 3.97. The second-order valence-electron chi connectivity index (χ2n) is 7.56. The van der Waals surface area contributed by atoms with Crippen LogP contribution in [-0.4, -0.2) is 36.1 Å². The Bertz CT molecular complexity index is 1210. The van der Waals surface area contributed by atoms with Crippen molar-refractivity contribution in [3.8, 4) is 17.2 Å². The van der Waals surface area contributed by atoms with Crippen molar-refractivity contribution in [3.05, 3.63) is 65.0 Å². The Kier molecular flexibility index (Phi) is 5.98. The van der Waals surface area contributed by atoms with E-state index < -0.39 is 11.9 Å². The molecule has 0 atom stereocenters. The summed E-state index contributed by atoms with van der Waals surface area (Å²) in [6.07, 6.45) is -4.30. The molecule has 0 unspecified atom stereocenters. The summed E-state index contributed by atoms with van der Waals surface area (Å²) in [7, 11) is 1.62. The molecule has 11 heteroatoms. The van der Waals surface area contributed by atoms with Gasteiger partial charge >= 0.3 is 6.18 Å². The molecule has 3 heterocycles. The monoisotopic (exact) mass is 480 g/mol. The molecule has 1 N–H and O–H groups in total.